The zero-order chi connectivity index (χ0) is 23.3. The summed E-state index contributed by atoms with van der Waals surface area (Å²) < 4.78 is 48.8. The Labute approximate surface area is 191 Å². The van der Waals surface area contributed by atoms with Gasteiger partial charge in [0, 0.05) is 17.1 Å². The number of benzene rings is 2. The molecule has 0 atom stereocenters. The van der Waals surface area contributed by atoms with Crippen LogP contribution in [0.15, 0.2) is 58.5 Å². The number of rotatable bonds is 10. The first-order valence-electron chi connectivity index (χ1n) is 9.33. The third kappa shape index (κ3) is 4.87. The molecule has 0 N–H and O–H groups in total. The first-order valence-corrected chi connectivity index (χ1v) is 11.2. The Morgan fingerprint density at radius 1 is 1.06 bits per heavy atom. The van der Waals surface area contributed by atoms with E-state index in [1.54, 1.807) is 24.3 Å². The minimum absolute atomic E-state index is 0.00602. The molecule has 3 aromatic rings. The molecule has 0 aliphatic carbocycles. The molecule has 11 heteroatoms. The predicted molar refractivity (Wildman–Crippen MR) is 119 cm³/mol. The number of sulfonamides is 1. The monoisotopic (exact) mass is 479 g/mol. The molecule has 0 spiro atoms. The van der Waals surface area contributed by atoms with Crippen LogP contribution in [0.25, 0.3) is 11.4 Å². The van der Waals surface area contributed by atoms with Crippen molar-refractivity contribution in [3.05, 3.63) is 60.0 Å². The average molecular weight is 480 g/mol. The number of aromatic nitrogens is 2. The molecule has 0 saturated heterocycles. The standard InChI is InChI=1S/C21H22ClN3O6S/c1-5-10-25(32(26,27)19-12-15(22)7-9-17(19)29-3)13-20-23-21(24-31-20)14-6-8-16(28-2)18(11-14)30-4/h5-9,11-12H,1,10,13H2,2-4H3. The van der Waals surface area contributed by atoms with Gasteiger partial charge in [-0.2, -0.15) is 9.29 Å². The maximum atomic E-state index is 13.3. The molecular formula is C21H22ClN3O6S. The van der Waals surface area contributed by atoms with Crippen LogP contribution in [0.3, 0.4) is 0 Å². The molecule has 0 aliphatic rings. The van der Waals surface area contributed by atoms with Gasteiger partial charge in [0.25, 0.3) is 0 Å². The smallest absolute Gasteiger partial charge is 0.247 e. The largest absolute Gasteiger partial charge is 0.495 e. The van der Waals surface area contributed by atoms with Gasteiger partial charge in [-0.15, -0.1) is 6.58 Å². The molecule has 9 nitrogen and oxygen atoms in total. The van der Waals surface area contributed by atoms with Crippen molar-refractivity contribution in [2.24, 2.45) is 0 Å². The number of hydrogen-bond acceptors (Lipinski definition) is 8. The van der Waals surface area contributed by atoms with Crippen LogP contribution < -0.4 is 14.2 Å². The number of halogens is 1. The molecule has 0 radical (unpaired) electrons. The van der Waals surface area contributed by atoms with Crippen molar-refractivity contribution in [1.29, 1.82) is 0 Å². The lowest BCUT2D eigenvalue weighted by molar-refractivity contribution is 0.325. The average Bonchev–Trinajstić information content (AvgIpc) is 3.27. The van der Waals surface area contributed by atoms with Crippen molar-refractivity contribution in [1.82, 2.24) is 14.4 Å². The molecule has 170 valence electrons. The first kappa shape index (κ1) is 23.6. The molecular weight excluding hydrogens is 458 g/mol. The van der Waals surface area contributed by atoms with Crippen LogP contribution in [0.4, 0.5) is 0 Å². The second kappa shape index (κ2) is 10.0. The SMILES string of the molecule is C=CCN(Cc1nc(-c2ccc(OC)c(OC)c2)no1)S(=O)(=O)c1cc(Cl)ccc1OC. The molecule has 3 rings (SSSR count). The Bertz CT molecular complexity index is 1210. The highest BCUT2D eigenvalue weighted by Gasteiger charge is 2.29. The van der Waals surface area contributed by atoms with Gasteiger partial charge in [-0.1, -0.05) is 22.8 Å². The summed E-state index contributed by atoms with van der Waals surface area (Å²) in [6.07, 6.45) is 1.46. The number of nitrogens with zero attached hydrogens (tertiary/aromatic N) is 3. The van der Waals surface area contributed by atoms with E-state index >= 15 is 0 Å². The highest BCUT2D eigenvalue weighted by atomic mass is 35.5. The molecule has 0 fully saturated rings. The normalized spacial score (nSPS) is 11.4. The van der Waals surface area contributed by atoms with Gasteiger partial charge in [-0.05, 0) is 36.4 Å². The fourth-order valence-corrected chi connectivity index (χ4v) is 4.72. The first-order chi connectivity index (χ1) is 15.3. The van der Waals surface area contributed by atoms with E-state index in [9.17, 15) is 8.42 Å². The van der Waals surface area contributed by atoms with Crippen LogP contribution in [-0.2, 0) is 16.6 Å². The van der Waals surface area contributed by atoms with E-state index in [0.717, 1.165) is 4.31 Å². The molecule has 0 aliphatic heterocycles. The third-order valence-electron chi connectivity index (χ3n) is 4.50. The van der Waals surface area contributed by atoms with Gasteiger partial charge in [0.15, 0.2) is 11.5 Å². The highest BCUT2D eigenvalue weighted by Crippen LogP contribution is 2.32. The fraction of sp³-hybridized carbons (Fsp3) is 0.238. The Kier molecular flexibility index (Phi) is 7.39. The summed E-state index contributed by atoms with van der Waals surface area (Å²) in [6, 6.07) is 9.51. The van der Waals surface area contributed by atoms with E-state index in [1.807, 2.05) is 0 Å². The molecule has 1 heterocycles. The lowest BCUT2D eigenvalue weighted by Crippen LogP contribution is -2.31. The van der Waals surface area contributed by atoms with E-state index in [-0.39, 0.29) is 40.5 Å². The molecule has 2 aromatic carbocycles. The Morgan fingerprint density at radius 2 is 1.75 bits per heavy atom. The molecule has 0 unspecified atom stereocenters. The van der Waals surface area contributed by atoms with Crippen molar-refractivity contribution in [2.45, 2.75) is 11.4 Å². The van der Waals surface area contributed by atoms with Crippen LogP contribution in [0.5, 0.6) is 17.2 Å². The minimum atomic E-state index is -4.01. The van der Waals surface area contributed by atoms with Crippen LogP contribution in [0.1, 0.15) is 5.89 Å². The maximum Gasteiger partial charge on any atom is 0.247 e. The Morgan fingerprint density at radius 3 is 2.41 bits per heavy atom. The van der Waals surface area contributed by atoms with E-state index < -0.39 is 10.0 Å². The molecule has 0 amide bonds. The number of ether oxygens (including phenoxy) is 3. The summed E-state index contributed by atoms with van der Waals surface area (Å²) in [5.74, 6) is 1.59. The van der Waals surface area contributed by atoms with Crippen LogP contribution in [-0.4, -0.2) is 50.7 Å². The molecule has 1 aromatic heterocycles. The summed E-state index contributed by atoms with van der Waals surface area (Å²) >= 11 is 6.02. The fourth-order valence-electron chi connectivity index (χ4n) is 2.95. The highest BCUT2D eigenvalue weighted by molar-refractivity contribution is 7.89. The maximum absolute atomic E-state index is 13.3. The third-order valence-corrected chi connectivity index (χ3v) is 6.57. The van der Waals surface area contributed by atoms with Gasteiger partial charge in [0.2, 0.25) is 21.7 Å². The second-order valence-electron chi connectivity index (χ2n) is 6.46. The quantitative estimate of drug-likeness (QED) is 0.404. The van der Waals surface area contributed by atoms with Crippen molar-refractivity contribution in [3.63, 3.8) is 0 Å². The Hall–Kier alpha value is -3.08. The van der Waals surface area contributed by atoms with Crippen molar-refractivity contribution >= 4 is 21.6 Å². The van der Waals surface area contributed by atoms with E-state index in [4.69, 9.17) is 30.3 Å². The minimum Gasteiger partial charge on any atom is -0.495 e. The van der Waals surface area contributed by atoms with Gasteiger partial charge in [0.1, 0.15) is 10.6 Å². The molecule has 0 saturated carbocycles. The van der Waals surface area contributed by atoms with Gasteiger partial charge in [-0.3, -0.25) is 0 Å². The second-order valence-corrected chi connectivity index (χ2v) is 8.81. The van der Waals surface area contributed by atoms with Crippen LogP contribution >= 0.6 is 11.6 Å². The predicted octanol–water partition coefficient (Wildman–Crippen LogP) is 3.79. The zero-order valence-electron chi connectivity index (χ0n) is 17.7. The molecule has 32 heavy (non-hydrogen) atoms. The van der Waals surface area contributed by atoms with Gasteiger partial charge >= 0.3 is 0 Å². The number of methoxy groups -OCH3 is 3. The van der Waals surface area contributed by atoms with Crippen molar-refractivity contribution in [3.8, 4) is 28.6 Å². The van der Waals surface area contributed by atoms with Gasteiger partial charge in [-0.25, -0.2) is 8.42 Å². The Balaban J connectivity index is 1.92. The summed E-state index contributed by atoms with van der Waals surface area (Å²) in [4.78, 5) is 4.25. The van der Waals surface area contributed by atoms with Crippen molar-refractivity contribution < 1.29 is 27.2 Å². The summed E-state index contributed by atoms with van der Waals surface area (Å²) in [5, 5.41) is 4.22. The van der Waals surface area contributed by atoms with Crippen LogP contribution in [0.2, 0.25) is 5.02 Å². The lowest BCUT2D eigenvalue weighted by atomic mass is 10.2. The lowest BCUT2D eigenvalue weighted by Gasteiger charge is -2.20. The number of hydrogen-bond donors (Lipinski definition) is 0. The summed E-state index contributed by atoms with van der Waals surface area (Å²) in [5.41, 5.74) is 0.618. The summed E-state index contributed by atoms with van der Waals surface area (Å²) in [7, 11) is 0.424. The zero-order valence-corrected chi connectivity index (χ0v) is 19.3. The topological polar surface area (TPSA) is 104 Å². The van der Waals surface area contributed by atoms with Gasteiger partial charge in [0.05, 0.1) is 27.9 Å². The summed E-state index contributed by atoms with van der Waals surface area (Å²) in [6.45, 7) is 3.47. The van der Waals surface area contributed by atoms with Crippen LogP contribution in [0, 0.1) is 0 Å². The van der Waals surface area contributed by atoms with E-state index in [0.29, 0.717) is 17.1 Å². The van der Waals surface area contributed by atoms with E-state index in [2.05, 4.69) is 16.7 Å². The van der Waals surface area contributed by atoms with E-state index in [1.165, 1.54) is 39.5 Å². The molecule has 0 bridgehead atoms. The van der Waals surface area contributed by atoms with Crippen molar-refractivity contribution in [2.75, 3.05) is 27.9 Å². The van der Waals surface area contributed by atoms with Gasteiger partial charge < -0.3 is 18.7 Å².